The molecule has 3 aromatic rings. The van der Waals surface area contributed by atoms with Gasteiger partial charge in [-0.25, -0.2) is 0 Å². The molecule has 0 spiro atoms. The molecular formula is C27H26N2O4. The predicted octanol–water partition coefficient (Wildman–Crippen LogP) is 4.88. The lowest BCUT2D eigenvalue weighted by atomic mass is 9.95. The summed E-state index contributed by atoms with van der Waals surface area (Å²) in [6.45, 7) is 2.86. The van der Waals surface area contributed by atoms with Crippen LogP contribution in [0.15, 0.2) is 84.7 Å². The van der Waals surface area contributed by atoms with Gasteiger partial charge in [0, 0.05) is 24.5 Å². The summed E-state index contributed by atoms with van der Waals surface area (Å²) < 4.78 is 5.76. The van der Waals surface area contributed by atoms with Crippen molar-refractivity contribution in [1.82, 2.24) is 9.88 Å². The number of aromatic nitrogens is 1. The second-order valence-electron chi connectivity index (χ2n) is 7.93. The third-order valence-corrected chi connectivity index (χ3v) is 5.61. The first-order chi connectivity index (χ1) is 16.1. The Morgan fingerprint density at radius 1 is 1.06 bits per heavy atom. The van der Waals surface area contributed by atoms with E-state index in [-0.39, 0.29) is 17.9 Å². The SMILES string of the molecule is CCCCOc1cccc(/C(O)=C2\C(=O)C(=O)N(Cc3cccnc3)C2c2ccccc2)c1. The number of benzene rings is 2. The van der Waals surface area contributed by atoms with Crippen LogP contribution in [0.25, 0.3) is 5.76 Å². The van der Waals surface area contributed by atoms with Crippen LogP contribution in [-0.2, 0) is 16.1 Å². The number of ether oxygens (including phenoxy) is 1. The Bertz CT molecular complexity index is 1160. The van der Waals surface area contributed by atoms with E-state index in [4.69, 9.17) is 4.74 Å². The van der Waals surface area contributed by atoms with Crippen molar-refractivity contribution in [2.75, 3.05) is 6.61 Å². The molecule has 1 atom stereocenters. The molecule has 2 heterocycles. The van der Waals surface area contributed by atoms with E-state index < -0.39 is 17.7 Å². The standard InChI is InChI=1S/C27H26N2O4/c1-2-3-15-33-22-13-7-12-21(16-22)25(30)23-24(20-10-5-4-6-11-20)29(27(32)26(23)31)18-19-9-8-14-28-17-19/h4-14,16-17,24,30H,2-3,15,18H2,1H3/b25-23+. The van der Waals surface area contributed by atoms with E-state index in [2.05, 4.69) is 11.9 Å². The summed E-state index contributed by atoms with van der Waals surface area (Å²) in [7, 11) is 0. The maximum atomic E-state index is 13.1. The zero-order chi connectivity index (χ0) is 23.2. The molecule has 0 saturated carbocycles. The number of ketones is 1. The normalized spacial score (nSPS) is 17.4. The Morgan fingerprint density at radius 3 is 2.61 bits per heavy atom. The zero-order valence-corrected chi connectivity index (χ0v) is 18.5. The van der Waals surface area contributed by atoms with Gasteiger partial charge in [0.15, 0.2) is 0 Å². The summed E-state index contributed by atoms with van der Waals surface area (Å²) in [5.41, 5.74) is 2.05. The van der Waals surface area contributed by atoms with Gasteiger partial charge in [-0.1, -0.05) is 61.9 Å². The first-order valence-electron chi connectivity index (χ1n) is 11.1. The second kappa shape index (κ2) is 10.1. The maximum Gasteiger partial charge on any atom is 0.295 e. The van der Waals surface area contributed by atoms with Crippen LogP contribution in [0.3, 0.4) is 0 Å². The molecule has 168 valence electrons. The first-order valence-corrected chi connectivity index (χ1v) is 11.1. The molecule has 4 rings (SSSR count). The molecular weight excluding hydrogens is 416 g/mol. The number of Topliss-reactive ketones (excluding diaryl/α,β-unsaturated/α-hetero) is 1. The van der Waals surface area contributed by atoms with Crippen molar-refractivity contribution in [1.29, 1.82) is 0 Å². The average Bonchev–Trinajstić information content (AvgIpc) is 3.10. The van der Waals surface area contributed by atoms with E-state index in [9.17, 15) is 14.7 Å². The maximum absolute atomic E-state index is 13.1. The van der Waals surface area contributed by atoms with Crippen LogP contribution >= 0.6 is 0 Å². The van der Waals surface area contributed by atoms with Gasteiger partial charge in [-0.2, -0.15) is 0 Å². The lowest BCUT2D eigenvalue weighted by Crippen LogP contribution is -2.29. The van der Waals surface area contributed by atoms with Crippen molar-refractivity contribution in [3.8, 4) is 5.75 Å². The van der Waals surface area contributed by atoms with Crippen molar-refractivity contribution < 1.29 is 19.4 Å². The number of nitrogens with zero attached hydrogens (tertiary/aromatic N) is 2. The largest absolute Gasteiger partial charge is 0.507 e. The van der Waals surface area contributed by atoms with Crippen LogP contribution < -0.4 is 4.74 Å². The molecule has 0 radical (unpaired) electrons. The lowest BCUT2D eigenvalue weighted by molar-refractivity contribution is -0.140. The van der Waals surface area contributed by atoms with Crippen LogP contribution in [0.1, 0.15) is 42.5 Å². The molecule has 1 unspecified atom stereocenters. The van der Waals surface area contributed by atoms with Gasteiger partial charge in [0.25, 0.3) is 11.7 Å². The summed E-state index contributed by atoms with van der Waals surface area (Å²) in [6, 6.07) is 19.2. The minimum Gasteiger partial charge on any atom is -0.507 e. The third kappa shape index (κ3) is 4.80. The highest BCUT2D eigenvalue weighted by atomic mass is 16.5. The Kier molecular flexibility index (Phi) is 6.83. The predicted molar refractivity (Wildman–Crippen MR) is 125 cm³/mol. The van der Waals surface area contributed by atoms with E-state index >= 15 is 0 Å². The number of aliphatic hydroxyl groups excluding tert-OH is 1. The summed E-state index contributed by atoms with van der Waals surface area (Å²) in [5, 5.41) is 11.2. The Morgan fingerprint density at radius 2 is 1.88 bits per heavy atom. The number of aliphatic hydroxyl groups is 1. The van der Waals surface area contributed by atoms with E-state index in [0.29, 0.717) is 17.9 Å². The minimum atomic E-state index is -0.712. The van der Waals surface area contributed by atoms with Gasteiger partial charge in [-0.3, -0.25) is 14.6 Å². The smallest absolute Gasteiger partial charge is 0.295 e. The molecule has 2 aromatic carbocycles. The number of unbranched alkanes of at least 4 members (excludes halogenated alkanes) is 1. The molecule has 1 aliphatic heterocycles. The van der Waals surface area contributed by atoms with Crippen LogP contribution in [0.2, 0.25) is 0 Å². The van der Waals surface area contributed by atoms with Crippen molar-refractivity contribution in [3.63, 3.8) is 0 Å². The Labute approximate surface area is 193 Å². The number of amides is 1. The van der Waals surface area contributed by atoms with Crippen molar-refractivity contribution in [2.24, 2.45) is 0 Å². The average molecular weight is 443 g/mol. The summed E-state index contributed by atoms with van der Waals surface area (Å²) in [6.07, 6.45) is 5.25. The monoisotopic (exact) mass is 442 g/mol. The summed E-state index contributed by atoms with van der Waals surface area (Å²) in [5.74, 6) is -0.961. The van der Waals surface area contributed by atoms with Crippen LogP contribution in [-0.4, -0.2) is 33.3 Å². The summed E-state index contributed by atoms with van der Waals surface area (Å²) in [4.78, 5) is 31.8. The fourth-order valence-electron chi connectivity index (χ4n) is 3.94. The molecule has 6 heteroatoms. The highest BCUT2D eigenvalue weighted by Gasteiger charge is 2.46. The van der Waals surface area contributed by atoms with Crippen molar-refractivity contribution in [2.45, 2.75) is 32.4 Å². The van der Waals surface area contributed by atoms with Crippen LogP contribution in [0.5, 0.6) is 5.75 Å². The molecule has 1 aliphatic rings. The zero-order valence-electron chi connectivity index (χ0n) is 18.5. The molecule has 1 saturated heterocycles. The van der Waals surface area contributed by atoms with E-state index in [0.717, 1.165) is 24.0 Å². The molecule has 1 N–H and O–H groups in total. The fraction of sp³-hybridized carbons (Fsp3) is 0.222. The number of carbonyl (C=O) groups excluding carboxylic acids is 2. The van der Waals surface area contributed by atoms with E-state index in [1.54, 1.807) is 36.7 Å². The van der Waals surface area contributed by atoms with Crippen LogP contribution in [0, 0.1) is 0 Å². The van der Waals surface area contributed by atoms with Gasteiger partial charge in [-0.15, -0.1) is 0 Å². The third-order valence-electron chi connectivity index (χ3n) is 5.61. The molecule has 6 nitrogen and oxygen atoms in total. The number of likely N-dealkylation sites (tertiary alicyclic amines) is 1. The second-order valence-corrected chi connectivity index (χ2v) is 7.93. The summed E-state index contributed by atoms with van der Waals surface area (Å²) >= 11 is 0. The first kappa shape index (κ1) is 22.3. The highest BCUT2D eigenvalue weighted by Crippen LogP contribution is 2.40. The quantitative estimate of drug-likeness (QED) is 0.233. The molecule has 1 aromatic heterocycles. The van der Waals surface area contributed by atoms with Crippen LogP contribution in [0.4, 0.5) is 0 Å². The number of carbonyl (C=O) groups is 2. The number of hydrogen-bond acceptors (Lipinski definition) is 5. The van der Waals surface area contributed by atoms with Gasteiger partial charge in [0.05, 0.1) is 18.2 Å². The van der Waals surface area contributed by atoms with Gasteiger partial charge < -0.3 is 14.7 Å². The number of hydrogen-bond donors (Lipinski definition) is 1. The molecule has 33 heavy (non-hydrogen) atoms. The number of rotatable bonds is 8. The molecule has 0 bridgehead atoms. The van der Waals surface area contributed by atoms with E-state index in [1.807, 2.05) is 42.5 Å². The van der Waals surface area contributed by atoms with Gasteiger partial charge in [0.2, 0.25) is 0 Å². The minimum absolute atomic E-state index is 0.0702. The van der Waals surface area contributed by atoms with Crippen molar-refractivity contribution in [3.05, 3.63) is 101 Å². The molecule has 1 fully saturated rings. The highest BCUT2D eigenvalue weighted by molar-refractivity contribution is 6.46. The van der Waals surface area contributed by atoms with Gasteiger partial charge in [0.1, 0.15) is 11.5 Å². The fourth-order valence-corrected chi connectivity index (χ4v) is 3.94. The number of pyridine rings is 1. The van der Waals surface area contributed by atoms with E-state index in [1.165, 1.54) is 4.90 Å². The Balaban J connectivity index is 1.76. The molecule has 1 amide bonds. The lowest BCUT2D eigenvalue weighted by Gasteiger charge is -2.25. The van der Waals surface area contributed by atoms with Crippen molar-refractivity contribution >= 4 is 17.4 Å². The molecule has 0 aliphatic carbocycles. The Hall–Kier alpha value is -3.93. The van der Waals surface area contributed by atoms with Gasteiger partial charge in [-0.05, 0) is 35.7 Å². The van der Waals surface area contributed by atoms with Gasteiger partial charge >= 0.3 is 0 Å². The topological polar surface area (TPSA) is 79.7 Å².